The Bertz CT molecular complexity index is 488. The van der Waals surface area contributed by atoms with Gasteiger partial charge in [0, 0.05) is 18.9 Å². The van der Waals surface area contributed by atoms with Crippen molar-refractivity contribution in [2.45, 2.75) is 6.54 Å². The van der Waals surface area contributed by atoms with Gasteiger partial charge in [-0.2, -0.15) is 9.97 Å². The second-order valence-corrected chi connectivity index (χ2v) is 3.44. The van der Waals surface area contributed by atoms with Gasteiger partial charge in [0.05, 0.1) is 0 Å². The second-order valence-electron chi connectivity index (χ2n) is 3.44. The highest BCUT2D eigenvalue weighted by Gasteiger charge is 2.07. The maximum absolute atomic E-state index is 5.70. The molecule has 7 heteroatoms. The maximum atomic E-state index is 5.70. The summed E-state index contributed by atoms with van der Waals surface area (Å²) < 4.78 is 0. The minimum absolute atomic E-state index is 0.0643. The summed E-state index contributed by atoms with van der Waals surface area (Å²) in [5.41, 5.74) is 18.4. The monoisotopic (exact) mass is 231 g/mol. The zero-order chi connectivity index (χ0) is 12.3. The fraction of sp³-hybridized carbons (Fsp3) is 0.100. The molecule has 88 valence electrons. The molecule has 0 fully saturated rings. The third-order valence-corrected chi connectivity index (χ3v) is 2.20. The van der Waals surface area contributed by atoms with E-state index in [-0.39, 0.29) is 17.6 Å². The number of hydrogen-bond donors (Lipinski definition) is 4. The van der Waals surface area contributed by atoms with Crippen molar-refractivity contribution in [1.82, 2.24) is 15.0 Å². The Hall–Kier alpha value is -2.57. The number of nitrogen functional groups attached to an aromatic ring is 3. The van der Waals surface area contributed by atoms with E-state index in [1.807, 2.05) is 12.1 Å². The van der Waals surface area contributed by atoms with Gasteiger partial charge in [0.25, 0.3) is 0 Å². The summed E-state index contributed by atoms with van der Waals surface area (Å²) in [4.78, 5) is 11.6. The van der Waals surface area contributed by atoms with Crippen LogP contribution in [0.2, 0.25) is 0 Å². The summed E-state index contributed by atoms with van der Waals surface area (Å²) in [6, 6.07) is 3.77. The molecule has 2 rings (SSSR count). The van der Waals surface area contributed by atoms with Crippen LogP contribution in [-0.2, 0) is 6.54 Å². The Morgan fingerprint density at radius 3 is 2.18 bits per heavy atom. The molecule has 0 aliphatic carbocycles. The standard InChI is InChI=1S/C10H13N7/c11-8-7(9(12)17-10(13)16-8)15-5-6-1-3-14-4-2-6/h1-4,15H,5H2,(H6,11,12,13,16,17). The van der Waals surface area contributed by atoms with Crippen LogP contribution in [-0.4, -0.2) is 15.0 Å². The first kappa shape index (κ1) is 10.9. The van der Waals surface area contributed by atoms with Crippen LogP contribution in [0.5, 0.6) is 0 Å². The number of hydrogen-bond acceptors (Lipinski definition) is 7. The Kier molecular flexibility index (Phi) is 2.91. The van der Waals surface area contributed by atoms with Crippen LogP contribution in [0.25, 0.3) is 0 Å². The average Bonchev–Trinajstić information content (AvgIpc) is 2.29. The Balaban J connectivity index is 2.15. The summed E-state index contributed by atoms with van der Waals surface area (Å²) in [5, 5.41) is 3.07. The highest BCUT2D eigenvalue weighted by molar-refractivity contribution is 5.75. The molecule has 0 bridgehead atoms. The first-order valence-electron chi connectivity index (χ1n) is 4.98. The third kappa shape index (κ3) is 2.51. The van der Waals surface area contributed by atoms with E-state index in [1.54, 1.807) is 12.4 Å². The lowest BCUT2D eigenvalue weighted by atomic mass is 10.2. The van der Waals surface area contributed by atoms with Gasteiger partial charge in [0.1, 0.15) is 5.69 Å². The quantitative estimate of drug-likeness (QED) is 0.595. The molecule has 0 spiro atoms. The molecular weight excluding hydrogens is 218 g/mol. The molecule has 0 radical (unpaired) electrons. The van der Waals surface area contributed by atoms with E-state index in [4.69, 9.17) is 17.2 Å². The molecule has 7 nitrogen and oxygen atoms in total. The van der Waals surface area contributed by atoms with Crippen molar-refractivity contribution in [1.29, 1.82) is 0 Å². The van der Waals surface area contributed by atoms with Gasteiger partial charge in [-0.1, -0.05) is 0 Å². The zero-order valence-corrected chi connectivity index (χ0v) is 9.09. The number of nitrogens with zero attached hydrogens (tertiary/aromatic N) is 3. The van der Waals surface area contributed by atoms with E-state index in [0.717, 1.165) is 5.56 Å². The molecule has 0 aliphatic rings. The topological polar surface area (TPSA) is 129 Å². The van der Waals surface area contributed by atoms with Gasteiger partial charge in [-0.25, -0.2) is 0 Å². The lowest BCUT2D eigenvalue weighted by Crippen LogP contribution is -2.10. The molecule has 2 aromatic rings. The highest BCUT2D eigenvalue weighted by Crippen LogP contribution is 2.23. The number of anilines is 4. The van der Waals surface area contributed by atoms with E-state index < -0.39 is 0 Å². The Morgan fingerprint density at radius 1 is 1.00 bits per heavy atom. The normalized spacial score (nSPS) is 10.1. The molecule has 0 amide bonds. The molecule has 0 aliphatic heterocycles. The molecule has 0 unspecified atom stereocenters. The predicted octanol–water partition coefficient (Wildman–Crippen LogP) is 0.230. The van der Waals surface area contributed by atoms with Gasteiger partial charge in [0.2, 0.25) is 5.95 Å². The minimum atomic E-state index is 0.0643. The van der Waals surface area contributed by atoms with Gasteiger partial charge in [-0.05, 0) is 17.7 Å². The van der Waals surface area contributed by atoms with Crippen molar-refractivity contribution in [3.05, 3.63) is 30.1 Å². The van der Waals surface area contributed by atoms with Gasteiger partial charge in [0.15, 0.2) is 11.6 Å². The van der Waals surface area contributed by atoms with Crippen LogP contribution in [0.4, 0.5) is 23.3 Å². The number of nitrogens with one attached hydrogen (secondary N) is 1. The first-order chi connectivity index (χ1) is 8.16. The van der Waals surface area contributed by atoms with E-state index in [1.165, 1.54) is 0 Å². The lowest BCUT2D eigenvalue weighted by molar-refractivity contribution is 1.11. The van der Waals surface area contributed by atoms with Gasteiger partial charge in [-0.15, -0.1) is 0 Å². The average molecular weight is 231 g/mol. The predicted molar refractivity (Wildman–Crippen MR) is 66.8 cm³/mol. The third-order valence-electron chi connectivity index (χ3n) is 2.20. The fourth-order valence-corrected chi connectivity index (χ4v) is 1.39. The lowest BCUT2D eigenvalue weighted by Gasteiger charge is -2.10. The molecule has 2 aromatic heterocycles. The van der Waals surface area contributed by atoms with Crippen molar-refractivity contribution in [3.63, 3.8) is 0 Å². The van der Waals surface area contributed by atoms with Crippen molar-refractivity contribution >= 4 is 23.3 Å². The summed E-state index contributed by atoms with van der Waals surface area (Å²) in [6.07, 6.45) is 3.42. The van der Waals surface area contributed by atoms with Crippen molar-refractivity contribution in [2.75, 3.05) is 22.5 Å². The van der Waals surface area contributed by atoms with E-state index in [0.29, 0.717) is 12.2 Å². The van der Waals surface area contributed by atoms with E-state index >= 15 is 0 Å². The zero-order valence-electron chi connectivity index (χ0n) is 9.09. The molecule has 0 saturated carbocycles. The molecule has 2 heterocycles. The van der Waals surface area contributed by atoms with Crippen LogP contribution in [0.3, 0.4) is 0 Å². The maximum Gasteiger partial charge on any atom is 0.224 e. The number of rotatable bonds is 3. The smallest absolute Gasteiger partial charge is 0.224 e. The van der Waals surface area contributed by atoms with Crippen LogP contribution >= 0.6 is 0 Å². The Morgan fingerprint density at radius 2 is 1.59 bits per heavy atom. The van der Waals surface area contributed by atoms with Crippen molar-refractivity contribution < 1.29 is 0 Å². The van der Waals surface area contributed by atoms with Crippen LogP contribution in [0, 0.1) is 0 Å². The van der Waals surface area contributed by atoms with Crippen LogP contribution in [0.1, 0.15) is 5.56 Å². The number of pyridine rings is 1. The van der Waals surface area contributed by atoms with Crippen LogP contribution < -0.4 is 22.5 Å². The Labute approximate surface area is 98.1 Å². The van der Waals surface area contributed by atoms with Gasteiger partial charge < -0.3 is 22.5 Å². The van der Waals surface area contributed by atoms with Gasteiger partial charge >= 0.3 is 0 Å². The van der Waals surface area contributed by atoms with E-state index in [2.05, 4.69) is 20.3 Å². The highest BCUT2D eigenvalue weighted by atomic mass is 15.1. The number of nitrogens with two attached hydrogens (primary N) is 3. The number of aromatic nitrogens is 3. The SMILES string of the molecule is Nc1nc(N)c(NCc2ccncc2)c(N)n1. The second kappa shape index (κ2) is 4.52. The fourth-order valence-electron chi connectivity index (χ4n) is 1.39. The first-order valence-corrected chi connectivity index (χ1v) is 4.98. The van der Waals surface area contributed by atoms with E-state index in [9.17, 15) is 0 Å². The molecule has 17 heavy (non-hydrogen) atoms. The molecular formula is C10H13N7. The van der Waals surface area contributed by atoms with Crippen LogP contribution in [0.15, 0.2) is 24.5 Å². The van der Waals surface area contributed by atoms with Gasteiger partial charge in [-0.3, -0.25) is 4.98 Å². The molecule has 0 aromatic carbocycles. The minimum Gasteiger partial charge on any atom is -0.382 e. The van der Waals surface area contributed by atoms with Crippen molar-refractivity contribution in [3.8, 4) is 0 Å². The molecule has 0 saturated heterocycles. The molecule has 0 atom stereocenters. The summed E-state index contributed by atoms with van der Waals surface area (Å²) in [6.45, 7) is 0.560. The largest absolute Gasteiger partial charge is 0.382 e. The van der Waals surface area contributed by atoms with Crippen molar-refractivity contribution in [2.24, 2.45) is 0 Å². The summed E-state index contributed by atoms with van der Waals surface area (Å²) in [5.74, 6) is 0.544. The summed E-state index contributed by atoms with van der Waals surface area (Å²) in [7, 11) is 0. The summed E-state index contributed by atoms with van der Waals surface area (Å²) >= 11 is 0. The molecule has 7 N–H and O–H groups in total.